The van der Waals surface area contributed by atoms with Gasteiger partial charge in [-0.15, -0.1) is 0 Å². The van der Waals surface area contributed by atoms with Crippen molar-refractivity contribution in [3.05, 3.63) is 41.6 Å². The van der Waals surface area contributed by atoms with Crippen molar-refractivity contribution in [2.75, 3.05) is 27.4 Å². The van der Waals surface area contributed by atoms with Crippen molar-refractivity contribution in [2.45, 2.75) is 78.7 Å². The Kier molecular flexibility index (Phi) is 10.7. The van der Waals surface area contributed by atoms with Crippen molar-refractivity contribution in [3.63, 3.8) is 0 Å². The first-order chi connectivity index (χ1) is 17.7. The highest BCUT2D eigenvalue weighted by atomic mass is 35.5. The van der Waals surface area contributed by atoms with Crippen LogP contribution < -0.4 is 35.9 Å². The van der Waals surface area contributed by atoms with Crippen molar-refractivity contribution in [1.29, 1.82) is 0 Å². The molecule has 2 heterocycles. The molecular formula is C31H42ClNO4. The number of benzene rings is 2. The van der Waals surface area contributed by atoms with E-state index in [4.69, 9.17) is 18.9 Å². The summed E-state index contributed by atoms with van der Waals surface area (Å²) in [4.78, 5) is 0. The van der Waals surface area contributed by atoms with Crippen LogP contribution in [0.25, 0.3) is 22.0 Å². The summed E-state index contributed by atoms with van der Waals surface area (Å²) >= 11 is 0. The molecule has 6 heteroatoms. The van der Waals surface area contributed by atoms with Gasteiger partial charge in [0.25, 0.3) is 0 Å². The van der Waals surface area contributed by atoms with Gasteiger partial charge in [0.1, 0.15) is 0 Å². The highest BCUT2D eigenvalue weighted by molar-refractivity contribution is 5.95. The lowest BCUT2D eigenvalue weighted by atomic mass is 9.89. The van der Waals surface area contributed by atoms with Crippen LogP contribution in [0.4, 0.5) is 0 Å². The lowest BCUT2D eigenvalue weighted by molar-refractivity contribution is -0.686. The molecule has 3 aromatic rings. The first-order valence-corrected chi connectivity index (χ1v) is 13.7. The van der Waals surface area contributed by atoms with Crippen LogP contribution in [-0.2, 0) is 19.4 Å². The number of aryl methyl sites for hydroxylation is 3. The third-order valence-electron chi connectivity index (χ3n) is 7.19. The Labute approximate surface area is 228 Å². The first kappa shape index (κ1) is 28.9. The molecular weight excluding hydrogens is 486 g/mol. The van der Waals surface area contributed by atoms with Crippen molar-refractivity contribution >= 4 is 10.8 Å². The van der Waals surface area contributed by atoms with E-state index < -0.39 is 0 Å². The van der Waals surface area contributed by atoms with Gasteiger partial charge in [0.15, 0.2) is 35.7 Å². The number of hydrogen-bond acceptors (Lipinski definition) is 4. The SMILES string of the molecule is CCCCCCCCc1c2[n+](cc3c(OC)c(OC)ccc13)CCc1cc(OCC)c(OCC)cc1-2.[Cl-]. The number of rotatable bonds is 13. The van der Waals surface area contributed by atoms with E-state index >= 15 is 0 Å². The molecule has 0 aliphatic carbocycles. The molecule has 1 aromatic heterocycles. The van der Waals surface area contributed by atoms with Gasteiger partial charge in [-0.3, -0.25) is 0 Å². The third kappa shape index (κ3) is 6.09. The summed E-state index contributed by atoms with van der Waals surface area (Å²) in [5.41, 5.74) is 5.27. The summed E-state index contributed by atoms with van der Waals surface area (Å²) in [5.74, 6) is 3.25. The molecule has 0 amide bonds. The zero-order valence-electron chi connectivity index (χ0n) is 23.1. The monoisotopic (exact) mass is 527 g/mol. The number of methoxy groups -OCH3 is 2. The van der Waals surface area contributed by atoms with Gasteiger partial charge < -0.3 is 31.4 Å². The molecule has 1 aliphatic heterocycles. The van der Waals surface area contributed by atoms with E-state index in [1.54, 1.807) is 14.2 Å². The zero-order chi connectivity index (χ0) is 25.5. The lowest BCUT2D eigenvalue weighted by Gasteiger charge is -2.22. The predicted molar refractivity (Wildman–Crippen MR) is 146 cm³/mol. The lowest BCUT2D eigenvalue weighted by Crippen LogP contribution is -3.00. The Morgan fingerprint density at radius 2 is 1.49 bits per heavy atom. The normalized spacial score (nSPS) is 11.9. The van der Waals surface area contributed by atoms with Crippen molar-refractivity contribution in [3.8, 4) is 34.3 Å². The number of hydrogen-bond donors (Lipinski definition) is 0. The number of unbranched alkanes of at least 4 members (excludes halogenated alkanes) is 5. The number of ether oxygens (including phenoxy) is 4. The van der Waals surface area contributed by atoms with Gasteiger partial charge in [0, 0.05) is 17.4 Å². The predicted octanol–water partition coefficient (Wildman–Crippen LogP) is 4.07. The van der Waals surface area contributed by atoms with Gasteiger partial charge in [-0.05, 0) is 56.5 Å². The number of aromatic nitrogens is 1. The third-order valence-corrected chi connectivity index (χ3v) is 7.19. The van der Waals surface area contributed by atoms with Crippen molar-refractivity contribution < 1.29 is 35.9 Å². The highest BCUT2D eigenvalue weighted by Crippen LogP contribution is 2.43. The minimum atomic E-state index is 0. The number of pyridine rings is 1. The van der Waals surface area contributed by atoms with Gasteiger partial charge in [0.05, 0.1) is 38.4 Å². The van der Waals surface area contributed by atoms with Gasteiger partial charge >= 0.3 is 0 Å². The van der Waals surface area contributed by atoms with Crippen LogP contribution in [0.1, 0.15) is 70.4 Å². The molecule has 4 rings (SSSR count). The van der Waals surface area contributed by atoms with Crippen LogP contribution in [-0.4, -0.2) is 27.4 Å². The Morgan fingerprint density at radius 1 is 0.784 bits per heavy atom. The molecule has 0 saturated carbocycles. The second-order valence-electron chi connectivity index (χ2n) is 9.50. The molecule has 0 atom stereocenters. The summed E-state index contributed by atoms with van der Waals surface area (Å²) < 4.78 is 25.9. The maximum absolute atomic E-state index is 6.03. The quantitative estimate of drug-likeness (QED) is 0.248. The minimum absolute atomic E-state index is 0. The van der Waals surface area contributed by atoms with Crippen LogP contribution >= 0.6 is 0 Å². The first-order valence-electron chi connectivity index (χ1n) is 13.7. The van der Waals surface area contributed by atoms with Crippen LogP contribution in [0.2, 0.25) is 0 Å². The molecule has 0 bridgehead atoms. The fourth-order valence-corrected chi connectivity index (χ4v) is 5.50. The van der Waals surface area contributed by atoms with E-state index in [1.165, 1.54) is 66.3 Å². The standard InChI is InChI=1S/C31H42NO4.ClH/c1-6-9-10-11-12-13-14-24-23-15-16-27(33-4)31(34-5)26(23)21-32-18-17-22-19-28(35-7-2)29(36-8-3)20-25(22)30(24)32;/h15-16,19-21H,6-14,17-18H2,1-5H3;1H/q+1;/p-1. The second-order valence-corrected chi connectivity index (χ2v) is 9.50. The molecule has 2 aromatic carbocycles. The molecule has 0 N–H and O–H groups in total. The number of halogens is 1. The van der Waals surface area contributed by atoms with Crippen LogP contribution in [0.5, 0.6) is 23.0 Å². The molecule has 0 saturated heterocycles. The van der Waals surface area contributed by atoms with E-state index in [9.17, 15) is 0 Å². The number of nitrogens with zero attached hydrogens (tertiary/aromatic N) is 1. The summed E-state index contributed by atoms with van der Waals surface area (Å²) in [6, 6.07) is 8.64. The minimum Gasteiger partial charge on any atom is -1.00 e. The Morgan fingerprint density at radius 3 is 2.16 bits per heavy atom. The Bertz CT molecular complexity index is 1190. The van der Waals surface area contributed by atoms with Crippen molar-refractivity contribution in [2.24, 2.45) is 0 Å². The zero-order valence-corrected chi connectivity index (χ0v) is 23.9. The van der Waals surface area contributed by atoms with Gasteiger partial charge in [-0.25, -0.2) is 0 Å². The van der Waals surface area contributed by atoms with E-state index in [1.807, 2.05) is 19.9 Å². The number of fused-ring (bicyclic) bond motifs is 4. The summed E-state index contributed by atoms with van der Waals surface area (Å²) in [6.07, 6.45) is 11.9. The maximum Gasteiger partial charge on any atom is 0.216 e. The topological polar surface area (TPSA) is 40.8 Å². The fraction of sp³-hybridized carbons (Fsp3) is 0.516. The summed E-state index contributed by atoms with van der Waals surface area (Å²) in [5, 5.41) is 2.35. The smallest absolute Gasteiger partial charge is 0.216 e. The molecule has 5 nitrogen and oxygen atoms in total. The average Bonchev–Trinajstić information content (AvgIpc) is 2.89. The maximum atomic E-state index is 6.03. The Hall–Kier alpha value is -2.66. The average molecular weight is 528 g/mol. The summed E-state index contributed by atoms with van der Waals surface area (Å²) in [6.45, 7) is 8.47. The fourth-order valence-electron chi connectivity index (χ4n) is 5.50. The molecule has 0 spiro atoms. The van der Waals surface area contributed by atoms with E-state index in [0.717, 1.165) is 47.8 Å². The molecule has 0 radical (unpaired) electrons. The van der Waals surface area contributed by atoms with Crippen LogP contribution in [0.3, 0.4) is 0 Å². The molecule has 1 aliphatic rings. The van der Waals surface area contributed by atoms with E-state index in [0.29, 0.717) is 13.2 Å². The van der Waals surface area contributed by atoms with Crippen LogP contribution in [0.15, 0.2) is 30.5 Å². The van der Waals surface area contributed by atoms with E-state index in [-0.39, 0.29) is 12.4 Å². The largest absolute Gasteiger partial charge is 1.00 e. The molecule has 37 heavy (non-hydrogen) atoms. The van der Waals surface area contributed by atoms with Gasteiger partial charge in [-0.1, -0.05) is 39.0 Å². The molecule has 202 valence electrons. The van der Waals surface area contributed by atoms with Crippen molar-refractivity contribution in [1.82, 2.24) is 0 Å². The Balaban J connectivity index is 0.00000380. The van der Waals surface area contributed by atoms with Gasteiger partial charge in [-0.2, -0.15) is 4.57 Å². The molecule has 0 unspecified atom stereocenters. The summed E-state index contributed by atoms with van der Waals surface area (Å²) in [7, 11) is 3.43. The van der Waals surface area contributed by atoms with Crippen LogP contribution in [0, 0.1) is 0 Å². The second kappa shape index (κ2) is 13.8. The highest BCUT2D eigenvalue weighted by Gasteiger charge is 2.31. The van der Waals surface area contributed by atoms with Gasteiger partial charge in [0.2, 0.25) is 5.69 Å². The van der Waals surface area contributed by atoms with E-state index in [2.05, 4.69) is 35.9 Å². The molecule has 0 fully saturated rings.